The molecule has 0 unspecified atom stereocenters. The molecule has 386 valence electrons. The lowest BCUT2D eigenvalue weighted by atomic mass is 9.72. The number of hydrogen-bond donors (Lipinski definition) is 0. The van der Waals surface area contributed by atoms with Gasteiger partial charge in [0.05, 0.1) is 0 Å². The van der Waals surface area contributed by atoms with Crippen molar-refractivity contribution >= 4 is 65.0 Å². The average molecular weight is 989 g/mol. The molecule has 10 aromatic rings. The number of benzene rings is 9. The van der Waals surface area contributed by atoms with Gasteiger partial charge in [0, 0.05) is 10.8 Å². The first-order valence-corrected chi connectivity index (χ1v) is 27.9. The normalized spacial score (nSPS) is 12.3. The van der Waals surface area contributed by atoms with E-state index in [0.29, 0.717) is 0 Å². The summed E-state index contributed by atoms with van der Waals surface area (Å²) in [5.74, 6) is 0. The second kappa shape index (κ2) is 17.2. The summed E-state index contributed by atoms with van der Waals surface area (Å²) in [6.07, 6.45) is 0. The van der Waals surface area contributed by atoms with Crippen LogP contribution < -0.4 is 0 Å². The Labute approximate surface area is 450 Å². The van der Waals surface area contributed by atoms with Crippen LogP contribution in [0.1, 0.15) is 156 Å². The third-order valence-electron chi connectivity index (χ3n) is 21.8. The van der Waals surface area contributed by atoms with E-state index in [-0.39, 0.29) is 0 Å². The molecular weight excluding hydrogens is 905 g/mol. The molecular formula is C74H84O. The minimum Gasteiger partial charge on any atom is -0.455 e. The van der Waals surface area contributed by atoms with Gasteiger partial charge in [-0.15, -0.1) is 0 Å². The van der Waals surface area contributed by atoms with Crippen molar-refractivity contribution in [3.63, 3.8) is 0 Å². The van der Waals surface area contributed by atoms with Crippen LogP contribution in [0.3, 0.4) is 0 Å². The Morgan fingerprint density at radius 3 is 0.653 bits per heavy atom. The van der Waals surface area contributed by atoms with Crippen molar-refractivity contribution in [2.75, 3.05) is 0 Å². The van der Waals surface area contributed by atoms with E-state index in [4.69, 9.17) is 4.42 Å². The molecule has 1 nitrogen and oxygen atoms in total. The first-order chi connectivity index (χ1) is 35.0. The van der Waals surface area contributed by atoms with Crippen molar-refractivity contribution in [3.05, 3.63) is 156 Å². The quantitative estimate of drug-likeness (QED) is 0.161. The van der Waals surface area contributed by atoms with Gasteiger partial charge in [0.1, 0.15) is 11.2 Å². The van der Waals surface area contributed by atoms with E-state index in [9.17, 15) is 0 Å². The second-order valence-corrected chi connectivity index (χ2v) is 24.3. The highest BCUT2D eigenvalue weighted by Crippen LogP contribution is 2.58. The number of aryl methyl sites for hydroxylation is 13. The van der Waals surface area contributed by atoms with Gasteiger partial charge in [0.15, 0.2) is 0 Å². The summed E-state index contributed by atoms with van der Waals surface area (Å²) in [5, 5.41) is 13.7. The fourth-order valence-electron chi connectivity index (χ4n) is 15.0. The number of fused-ring (bicyclic) bond motifs is 7. The summed E-state index contributed by atoms with van der Waals surface area (Å²) < 4.78 is 7.28. The van der Waals surface area contributed by atoms with Crippen molar-refractivity contribution < 1.29 is 4.42 Å². The Morgan fingerprint density at radius 1 is 0.120 bits per heavy atom. The van der Waals surface area contributed by atoms with E-state index in [1.54, 1.807) is 0 Å². The van der Waals surface area contributed by atoms with Crippen molar-refractivity contribution in [3.8, 4) is 33.4 Å². The summed E-state index contributed by atoms with van der Waals surface area (Å²) in [6.45, 7) is 66.6. The summed E-state index contributed by atoms with van der Waals surface area (Å²) in [4.78, 5) is 0. The van der Waals surface area contributed by atoms with E-state index in [1.165, 1.54) is 243 Å². The summed E-state index contributed by atoms with van der Waals surface area (Å²) in [5.41, 5.74) is 48.6. The summed E-state index contributed by atoms with van der Waals surface area (Å²) in [6, 6.07) is 0. The SMILES string of the molecule is Cc1c(C)c(C)c2c(oc3c(C)c(C)c(C)c(-c4c5c(C)c(C)c(C)c(C)c5c(-c5c(C)c(C)c(-c6c(C)c(C)c7c(C)c(C)c(C)c(C)c7c6C)c6c(C)c(C)c(C)c(C)c56)c5c(C)c(C)c(C)c(C)c45)c32)c1C. The largest absolute Gasteiger partial charge is 0.455 e. The highest BCUT2D eigenvalue weighted by atomic mass is 16.3. The molecule has 1 heteroatoms. The predicted octanol–water partition coefficient (Wildman–Crippen LogP) is 21.8. The zero-order valence-electron chi connectivity index (χ0n) is 51.4. The van der Waals surface area contributed by atoms with Crippen LogP contribution in [0.4, 0.5) is 0 Å². The fraction of sp³-hybridized carbons (Fsp3) is 0.378. The van der Waals surface area contributed by atoms with E-state index in [0.717, 1.165) is 11.2 Å². The van der Waals surface area contributed by atoms with Crippen LogP contribution in [0.25, 0.3) is 98.4 Å². The lowest BCUT2D eigenvalue weighted by molar-refractivity contribution is 0.661. The molecule has 0 fully saturated rings. The minimum atomic E-state index is 1.02. The van der Waals surface area contributed by atoms with E-state index in [2.05, 4.69) is 194 Å². The third-order valence-corrected chi connectivity index (χ3v) is 21.8. The van der Waals surface area contributed by atoms with Gasteiger partial charge in [-0.1, -0.05) is 0 Å². The molecule has 0 bridgehead atoms. The molecule has 0 radical (unpaired) electrons. The molecule has 0 aliphatic carbocycles. The van der Waals surface area contributed by atoms with Crippen molar-refractivity contribution in [2.24, 2.45) is 0 Å². The number of hydrogen-bond acceptors (Lipinski definition) is 1. The Bertz CT molecular complexity index is 4290. The van der Waals surface area contributed by atoms with Crippen molar-refractivity contribution in [1.82, 2.24) is 0 Å². The second-order valence-electron chi connectivity index (χ2n) is 24.3. The zero-order valence-corrected chi connectivity index (χ0v) is 51.4. The predicted molar refractivity (Wildman–Crippen MR) is 333 cm³/mol. The Hall–Kier alpha value is -6.18. The van der Waals surface area contributed by atoms with Gasteiger partial charge < -0.3 is 4.42 Å². The molecule has 10 rings (SSSR count). The van der Waals surface area contributed by atoms with Crippen LogP contribution in [0.2, 0.25) is 0 Å². The molecule has 0 saturated carbocycles. The van der Waals surface area contributed by atoms with Gasteiger partial charge in [0.2, 0.25) is 0 Å². The van der Waals surface area contributed by atoms with Gasteiger partial charge in [-0.05, 0) is 426 Å². The minimum absolute atomic E-state index is 1.02. The lowest BCUT2D eigenvalue weighted by Crippen LogP contribution is -2.08. The summed E-state index contributed by atoms with van der Waals surface area (Å²) >= 11 is 0. The van der Waals surface area contributed by atoms with Crippen LogP contribution in [-0.2, 0) is 0 Å². The Kier molecular flexibility index (Phi) is 12.0. The molecule has 1 aromatic heterocycles. The maximum Gasteiger partial charge on any atom is 0.139 e. The van der Waals surface area contributed by atoms with E-state index in [1.807, 2.05) is 0 Å². The maximum atomic E-state index is 7.28. The van der Waals surface area contributed by atoms with Crippen molar-refractivity contribution in [1.29, 1.82) is 0 Å². The van der Waals surface area contributed by atoms with Crippen LogP contribution in [0.15, 0.2) is 4.42 Å². The third kappa shape index (κ3) is 6.43. The fourth-order valence-corrected chi connectivity index (χ4v) is 15.0. The van der Waals surface area contributed by atoms with Crippen LogP contribution in [0, 0.1) is 194 Å². The standard InChI is InChI=1S/C74H84O/c1-29-30(2)41(13)58-56(28)59(51(23)50(22)57(58)40(29)12)60-52(24)53(25)67(62-43(15)32(4)31(3)42(14)61(60)62)70-63-44(16)33(5)35(7)46(18)65(63)71(66-47(19)36(8)34(6)45(17)64(66)70)68-48(20)39(11)55(27)74-72(68)69-49(21)37(9)38(10)54(26)73(69)75-74/h1-28H3. The van der Waals surface area contributed by atoms with Gasteiger partial charge in [-0.25, -0.2) is 0 Å². The molecule has 0 saturated heterocycles. The Morgan fingerprint density at radius 2 is 0.307 bits per heavy atom. The number of rotatable bonds is 3. The van der Waals surface area contributed by atoms with Gasteiger partial charge in [-0.2, -0.15) is 0 Å². The molecule has 0 aliphatic rings. The van der Waals surface area contributed by atoms with E-state index < -0.39 is 0 Å². The van der Waals surface area contributed by atoms with Crippen molar-refractivity contribution in [2.45, 2.75) is 194 Å². The highest BCUT2D eigenvalue weighted by Gasteiger charge is 2.34. The van der Waals surface area contributed by atoms with Gasteiger partial charge in [0.25, 0.3) is 0 Å². The monoisotopic (exact) mass is 989 g/mol. The van der Waals surface area contributed by atoms with Crippen LogP contribution >= 0.6 is 0 Å². The molecule has 0 N–H and O–H groups in total. The topological polar surface area (TPSA) is 13.1 Å². The molecule has 1 heterocycles. The molecule has 9 aromatic carbocycles. The molecule has 0 atom stereocenters. The smallest absolute Gasteiger partial charge is 0.139 e. The maximum absolute atomic E-state index is 7.28. The van der Waals surface area contributed by atoms with Crippen LogP contribution in [0.5, 0.6) is 0 Å². The highest BCUT2D eigenvalue weighted by molar-refractivity contribution is 6.32. The van der Waals surface area contributed by atoms with Gasteiger partial charge >= 0.3 is 0 Å². The molecule has 0 aliphatic heterocycles. The summed E-state index contributed by atoms with van der Waals surface area (Å²) in [7, 11) is 0. The number of furan rings is 1. The van der Waals surface area contributed by atoms with Crippen LogP contribution in [-0.4, -0.2) is 0 Å². The lowest BCUT2D eigenvalue weighted by Gasteiger charge is -2.31. The van der Waals surface area contributed by atoms with E-state index >= 15 is 0 Å². The Balaban J connectivity index is 1.56. The molecule has 0 amide bonds. The van der Waals surface area contributed by atoms with Gasteiger partial charge in [-0.3, -0.25) is 0 Å². The first kappa shape index (κ1) is 52.3. The molecule has 0 spiro atoms. The molecule has 75 heavy (non-hydrogen) atoms. The first-order valence-electron chi connectivity index (χ1n) is 27.9. The average Bonchev–Trinajstić information content (AvgIpc) is 3.83. The zero-order chi connectivity index (χ0) is 55.3.